The van der Waals surface area contributed by atoms with Gasteiger partial charge in [-0.1, -0.05) is 29.8 Å². The van der Waals surface area contributed by atoms with Crippen LogP contribution in [0.5, 0.6) is 0 Å². The molecule has 1 aromatic carbocycles. The van der Waals surface area contributed by atoms with Crippen LogP contribution in [0, 0.1) is 18.6 Å². The molecule has 0 aliphatic heterocycles. The highest BCUT2D eigenvalue weighted by atomic mass is 32.1. The number of H-pyrrole nitrogens is 1. The van der Waals surface area contributed by atoms with Gasteiger partial charge in [-0.2, -0.15) is 15.3 Å². The van der Waals surface area contributed by atoms with Crippen molar-refractivity contribution in [1.82, 2.24) is 34.3 Å². The molecule has 0 unspecified atom stereocenters. The van der Waals surface area contributed by atoms with Gasteiger partial charge in [-0.05, 0) is 44.6 Å². The fourth-order valence-corrected chi connectivity index (χ4v) is 3.29. The van der Waals surface area contributed by atoms with E-state index >= 15 is 0 Å². The molecule has 1 N–H and O–H groups in total. The summed E-state index contributed by atoms with van der Waals surface area (Å²) in [5, 5.41) is 16.3. The molecular formula is C19H21N7S. The van der Waals surface area contributed by atoms with Crippen LogP contribution < -0.4 is 0 Å². The lowest BCUT2D eigenvalue weighted by atomic mass is 10.1. The van der Waals surface area contributed by atoms with Gasteiger partial charge in [0.25, 0.3) is 0 Å². The molecule has 3 heterocycles. The number of aryl methyl sites for hydroxylation is 2. The summed E-state index contributed by atoms with van der Waals surface area (Å²) in [6, 6.07) is 10.4. The van der Waals surface area contributed by atoms with Crippen molar-refractivity contribution in [2.75, 3.05) is 0 Å². The van der Waals surface area contributed by atoms with E-state index in [4.69, 9.17) is 12.2 Å². The summed E-state index contributed by atoms with van der Waals surface area (Å²) >= 11 is 5.46. The second-order valence-electron chi connectivity index (χ2n) is 6.72. The molecule has 0 aliphatic carbocycles. The Labute approximate surface area is 162 Å². The summed E-state index contributed by atoms with van der Waals surface area (Å²) in [6.45, 7) is 6.80. The minimum Gasteiger partial charge on any atom is -0.267 e. The second-order valence-corrected chi connectivity index (χ2v) is 7.10. The molecule has 0 amide bonds. The van der Waals surface area contributed by atoms with Crippen LogP contribution >= 0.6 is 12.2 Å². The summed E-state index contributed by atoms with van der Waals surface area (Å²) in [5.41, 5.74) is 4.30. The van der Waals surface area contributed by atoms with Gasteiger partial charge in [-0.25, -0.2) is 0 Å². The van der Waals surface area contributed by atoms with E-state index in [0.29, 0.717) is 11.3 Å². The fraction of sp³-hybridized carbons (Fsp3) is 0.263. The third-order valence-corrected chi connectivity index (χ3v) is 4.83. The van der Waals surface area contributed by atoms with Gasteiger partial charge in [0.2, 0.25) is 0 Å². The zero-order valence-electron chi connectivity index (χ0n) is 15.5. The minimum absolute atomic E-state index is 0.0629. The number of benzene rings is 1. The number of nitrogens with zero attached hydrogens (tertiary/aromatic N) is 6. The Bertz CT molecular complexity index is 1110. The molecule has 0 aliphatic rings. The Kier molecular flexibility index (Phi) is 4.49. The normalized spacial score (nSPS) is 12.4. The summed E-state index contributed by atoms with van der Waals surface area (Å²) in [4.78, 5) is 0. The molecular weight excluding hydrogens is 358 g/mol. The Morgan fingerprint density at radius 2 is 1.93 bits per heavy atom. The third-order valence-electron chi connectivity index (χ3n) is 4.55. The van der Waals surface area contributed by atoms with E-state index in [2.05, 4.69) is 51.6 Å². The Morgan fingerprint density at radius 1 is 1.15 bits per heavy atom. The van der Waals surface area contributed by atoms with Crippen LogP contribution in [-0.2, 0) is 6.54 Å². The van der Waals surface area contributed by atoms with Crippen molar-refractivity contribution in [3.63, 3.8) is 0 Å². The van der Waals surface area contributed by atoms with Gasteiger partial charge >= 0.3 is 0 Å². The van der Waals surface area contributed by atoms with Gasteiger partial charge in [0.15, 0.2) is 10.6 Å². The van der Waals surface area contributed by atoms with Crippen LogP contribution in [0.1, 0.15) is 35.6 Å². The number of aromatic nitrogens is 7. The minimum atomic E-state index is -0.0629. The molecule has 138 valence electrons. The Morgan fingerprint density at radius 3 is 2.63 bits per heavy atom. The van der Waals surface area contributed by atoms with Gasteiger partial charge in [0, 0.05) is 12.4 Å². The number of rotatable bonds is 5. The summed E-state index contributed by atoms with van der Waals surface area (Å²) < 4.78 is 6.24. The maximum absolute atomic E-state index is 5.46. The maximum Gasteiger partial charge on any atom is 0.200 e. The third kappa shape index (κ3) is 3.48. The van der Waals surface area contributed by atoms with E-state index in [1.165, 1.54) is 11.1 Å². The molecule has 0 fully saturated rings. The average Bonchev–Trinajstić information content (AvgIpc) is 3.36. The molecule has 0 spiro atoms. The van der Waals surface area contributed by atoms with Crippen LogP contribution in [0.2, 0.25) is 0 Å². The molecule has 4 aromatic rings. The van der Waals surface area contributed by atoms with Crippen molar-refractivity contribution in [1.29, 1.82) is 0 Å². The molecule has 0 saturated heterocycles. The molecule has 0 bridgehead atoms. The van der Waals surface area contributed by atoms with Crippen molar-refractivity contribution >= 4 is 12.2 Å². The molecule has 27 heavy (non-hydrogen) atoms. The zero-order chi connectivity index (χ0) is 19.0. The van der Waals surface area contributed by atoms with E-state index in [1.807, 2.05) is 52.4 Å². The van der Waals surface area contributed by atoms with Crippen LogP contribution in [0.15, 0.2) is 48.9 Å². The first-order valence-electron chi connectivity index (χ1n) is 8.79. The Balaban J connectivity index is 1.64. The lowest BCUT2D eigenvalue weighted by Crippen LogP contribution is -2.13. The smallest absolute Gasteiger partial charge is 0.200 e. The highest BCUT2D eigenvalue weighted by molar-refractivity contribution is 7.71. The fourth-order valence-electron chi connectivity index (χ4n) is 3.04. The summed E-state index contributed by atoms with van der Waals surface area (Å²) in [6.07, 6.45) is 5.74. The van der Waals surface area contributed by atoms with E-state index in [0.717, 1.165) is 17.2 Å². The first-order chi connectivity index (χ1) is 13.0. The maximum atomic E-state index is 5.46. The average molecular weight is 379 g/mol. The van der Waals surface area contributed by atoms with Gasteiger partial charge < -0.3 is 0 Å². The highest BCUT2D eigenvalue weighted by Crippen LogP contribution is 2.20. The molecule has 3 aromatic heterocycles. The first kappa shape index (κ1) is 17.4. The van der Waals surface area contributed by atoms with Crippen LogP contribution in [-0.4, -0.2) is 34.3 Å². The van der Waals surface area contributed by atoms with Gasteiger partial charge in [0.05, 0.1) is 24.1 Å². The number of aromatic amines is 1. The van der Waals surface area contributed by atoms with Crippen molar-refractivity contribution < 1.29 is 0 Å². The monoisotopic (exact) mass is 379 g/mol. The molecule has 0 saturated carbocycles. The highest BCUT2D eigenvalue weighted by Gasteiger charge is 2.18. The standard InChI is InChI=1S/C19H21N7S/c1-13-4-6-16(7-5-13)11-24-12-17(10-20-24)26-18(21-22-19(26)27)15(3)25-9-8-14(2)23-25/h4-10,12,15H,11H2,1-3H3,(H,22,27)/t15-/m1/s1. The Hall–Kier alpha value is -3.00. The van der Waals surface area contributed by atoms with Gasteiger partial charge in [-0.15, -0.1) is 0 Å². The van der Waals surface area contributed by atoms with Crippen LogP contribution in [0.25, 0.3) is 5.69 Å². The lowest BCUT2D eigenvalue weighted by Gasteiger charge is -2.12. The first-order valence-corrected chi connectivity index (χ1v) is 9.19. The predicted molar refractivity (Wildman–Crippen MR) is 106 cm³/mol. The van der Waals surface area contributed by atoms with Gasteiger partial charge in [0.1, 0.15) is 6.04 Å². The van der Waals surface area contributed by atoms with Crippen molar-refractivity contribution in [3.05, 3.63) is 76.3 Å². The second kappa shape index (κ2) is 6.96. The van der Waals surface area contributed by atoms with Crippen molar-refractivity contribution in [3.8, 4) is 5.69 Å². The lowest BCUT2D eigenvalue weighted by molar-refractivity contribution is 0.524. The van der Waals surface area contributed by atoms with Crippen molar-refractivity contribution in [2.24, 2.45) is 0 Å². The SMILES string of the molecule is Cc1ccc(Cn2cc(-n3c([C@@H](C)n4ccc(C)n4)n[nH]c3=S)cn2)cc1. The number of hydrogen-bond acceptors (Lipinski definition) is 4. The topological polar surface area (TPSA) is 69.2 Å². The molecule has 7 nitrogen and oxygen atoms in total. The molecule has 4 rings (SSSR count). The molecule has 1 atom stereocenters. The number of nitrogens with one attached hydrogen (secondary N) is 1. The van der Waals surface area contributed by atoms with Crippen molar-refractivity contribution in [2.45, 2.75) is 33.4 Å². The van der Waals surface area contributed by atoms with E-state index in [9.17, 15) is 0 Å². The largest absolute Gasteiger partial charge is 0.267 e. The quantitative estimate of drug-likeness (QED) is 0.538. The number of hydrogen-bond donors (Lipinski definition) is 1. The molecule has 0 radical (unpaired) electrons. The summed E-state index contributed by atoms with van der Waals surface area (Å²) in [7, 11) is 0. The summed E-state index contributed by atoms with van der Waals surface area (Å²) in [5.74, 6) is 0.790. The van der Waals surface area contributed by atoms with E-state index in [-0.39, 0.29) is 6.04 Å². The predicted octanol–water partition coefficient (Wildman–Crippen LogP) is 3.60. The zero-order valence-corrected chi connectivity index (χ0v) is 16.3. The van der Waals surface area contributed by atoms with E-state index in [1.54, 1.807) is 0 Å². The molecule has 8 heteroatoms. The van der Waals surface area contributed by atoms with E-state index < -0.39 is 0 Å². The van der Waals surface area contributed by atoms with Crippen LogP contribution in [0.3, 0.4) is 0 Å². The van der Waals surface area contributed by atoms with Crippen LogP contribution in [0.4, 0.5) is 0 Å². The van der Waals surface area contributed by atoms with Gasteiger partial charge in [-0.3, -0.25) is 19.0 Å².